The normalized spacial score (nSPS) is 7.60. The number of phenolic OH excluding ortho intramolecular Hbond substituents is 1. The van der Waals surface area contributed by atoms with Crippen molar-refractivity contribution in [3.63, 3.8) is 0 Å². The first-order valence-corrected chi connectivity index (χ1v) is 15.2. The number of hydrogen-bond donors (Lipinski definition) is 2. The standard InChI is InChI=1S/C50H10O8/c1-2-3-4-5-6-7-8-9-10-11-12-13-14-15-16-17-18-19-20-21-22-23-24-25-26-27-28-29-30-31-32-33-44(50(55)58-56)49(54)57-41-35-37-43-46(39-41)48(53)42-36-34-40(51)38-45(42)47(43)52/h34-39,51,56H,1H2. The maximum Gasteiger partial charge on any atom is 0.388 e. The van der Waals surface area contributed by atoms with Gasteiger partial charge in [0.05, 0.1) is 0 Å². The Morgan fingerprint density at radius 2 is 0.793 bits per heavy atom. The molecule has 0 fully saturated rings. The second-order valence-corrected chi connectivity index (χ2v) is 9.29. The Hall–Kier alpha value is -10.8. The molecule has 2 aromatic carbocycles. The van der Waals surface area contributed by atoms with E-state index in [2.05, 4.69) is 195 Å². The molecule has 1 aliphatic carbocycles. The molecule has 2 aromatic rings. The molecule has 0 unspecified atom stereocenters. The number of fused-ring (bicyclic) bond motifs is 2. The molecule has 0 saturated carbocycles. The van der Waals surface area contributed by atoms with Crippen LogP contribution in [0.2, 0.25) is 0 Å². The van der Waals surface area contributed by atoms with Gasteiger partial charge in [0.15, 0.2) is 17.1 Å². The number of ether oxygens (including phenoxy) is 1. The highest BCUT2D eigenvalue weighted by atomic mass is 17.1. The van der Waals surface area contributed by atoms with E-state index in [9.17, 15) is 24.3 Å². The molecule has 0 aromatic heterocycles. The summed E-state index contributed by atoms with van der Waals surface area (Å²) in [6.45, 7) is 3.31. The molecular weight excluding hydrogens is 729 g/mol. The predicted octanol–water partition coefficient (Wildman–Crippen LogP) is 6.61. The fraction of sp³-hybridized carbons (Fsp3) is 0. The summed E-state index contributed by atoms with van der Waals surface area (Å²) in [6, 6.07) is 7.31. The van der Waals surface area contributed by atoms with Crippen molar-refractivity contribution in [1.82, 2.24) is 0 Å². The van der Waals surface area contributed by atoms with Crippen molar-refractivity contribution in [2.75, 3.05) is 0 Å². The predicted molar refractivity (Wildman–Crippen MR) is 197 cm³/mol. The topological polar surface area (TPSA) is 127 Å². The van der Waals surface area contributed by atoms with E-state index in [1.165, 1.54) is 30.3 Å². The van der Waals surface area contributed by atoms with Gasteiger partial charge in [-0.3, -0.25) is 14.5 Å². The quantitative estimate of drug-likeness (QED) is 0.0450. The first-order valence-electron chi connectivity index (χ1n) is 15.2. The minimum atomic E-state index is -1.54. The third-order valence-electron chi connectivity index (χ3n) is 5.76. The van der Waals surface area contributed by atoms with E-state index < -0.39 is 29.1 Å². The van der Waals surface area contributed by atoms with Crippen molar-refractivity contribution in [1.29, 1.82) is 0 Å². The summed E-state index contributed by atoms with van der Waals surface area (Å²) in [7, 11) is 0. The Bertz CT molecular complexity index is 3550. The number of hydrogen-bond acceptors (Lipinski definition) is 8. The number of benzene rings is 2. The molecule has 0 amide bonds. The van der Waals surface area contributed by atoms with Gasteiger partial charge in [-0.1, -0.05) is 5.73 Å². The van der Waals surface area contributed by atoms with Crippen LogP contribution in [-0.4, -0.2) is 33.9 Å². The molecule has 0 heterocycles. The van der Waals surface area contributed by atoms with Gasteiger partial charge >= 0.3 is 11.9 Å². The van der Waals surface area contributed by atoms with E-state index in [1.807, 2.05) is 0 Å². The number of phenols is 1. The van der Waals surface area contributed by atoms with Crippen molar-refractivity contribution in [2.24, 2.45) is 0 Å². The Morgan fingerprint density at radius 1 is 0.448 bits per heavy atom. The first-order chi connectivity index (χ1) is 28.4. The highest BCUT2D eigenvalue weighted by molar-refractivity contribution is 6.28. The number of esters is 1. The maximum absolute atomic E-state index is 13.0. The van der Waals surface area contributed by atoms with E-state index in [0.717, 1.165) is 6.07 Å². The van der Waals surface area contributed by atoms with Crippen LogP contribution in [0.3, 0.4) is 0 Å². The number of rotatable bonds is 3. The van der Waals surface area contributed by atoms with E-state index in [-0.39, 0.29) is 33.8 Å². The molecule has 0 spiro atoms. The number of carbonyl (C=O) groups is 4. The SMILES string of the molecule is C=C=C=C=C=C=C=C=C=C=C=C=C=C=C=C=C=C=C=C=C=C=C=C=C=C=C=C=C=C=C=C=C=C(C(=O)OO)C(=O)Oc1ccc2c(c1)C(=O)c1ccc(O)cc1C2=O. The average molecular weight is 739 g/mol. The van der Waals surface area contributed by atoms with Crippen LogP contribution in [-0.2, 0) is 14.5 Å². The smallest absolute Gasteiger partial charge is 0.388 e. The molecule has 0 aliphatic heterocycles. The van der Waals surface area contributed by atoms with Gasteiger partial charge in [-0.25, -0.2) is 9.59 Å². The zero-order chi connectivity index (χ0) is 41.6. The fourth-order valence-corrected chi connectivity index (χ4v) is 3.58. The van der Waals surface area contributed by atoms with E-state index >= 15 is 0 Å². The summed E-state index contributed by atoms with van der Waals surface area (Å²) >= 11 is 0. The van der Waals surface area contributed by atoms with Gasteiger partial charge in [-0.15, -0.1) is 0 Å². The lowest BCUT2D eigenvalue weighted by Gasteiger charge is -2.18. The van der Waals surface area contributed by atoms with E-state index in [4.69, 9.17) is 9.99 Å². The third kappa shape index (κ3) is 14.4. The van der Waals surface area contributed by atoms with E-state index in [0.29, 0.717) is 0 Å². The minimum Gasteiger partial charge on any atom is -0.508 e. The lowest BCUT2D eigenvalue weighted by molar-refractivity contribution is -0.229. The number of carbonyl (C=O) groups excluding carboxylic acids is 4. The third-order valence-corrected chi connectivity index (χ3v) is 5.76. The van der Waals surface area contributed by atoms with Crippen molar-refractivity contribution < 1.29 is 39.2 Å². The lowest BCUT2D eigenvalue weighted by Crippen LogP contribution is -2.22. The highest BCUT2D eigenvalue weighted by Crippen LogP contribution is 2.31. The van der Waals surface area contributed by atoms with Crippen LogP contribution in [0.25, 0.3) is 0 Å². The summed E-state index contributed by atoms with van der Waals surface area (Å²) in [5.74, 6) is -4.37. The summed E-state index contributed by atoms with van der Waals surface area (Å²) in [4.78, 5) is 54.0. The number of aromatic hydroxyl groups is 1. The van der Waals surface area contributed by atoms with Crippen LogP contribution >= 0.6 is 0 Å². The molecule has 8 nitrogen and oxygen atoms in total. The molecule has 58 heavy (non-hydrogen) atoms. The molecule has 1 aliphatic rings. The molecule has 2 N–H and O–H groups in total. The minimum absolute atomic E-state index is 0.0149. The van der Waals surface area contributed by atoms with Crippen molar-refractivity contribution in [3.05, 3.63) is 254 Å². The fourth-order valence-electron chi connectivity index (χ4n) is 3.58. The first kappa shape index (κ1) is 41.6. The van der Waals surface area contributed by atoms with Gasteiger partial charge in [0.1, 0.15) is 11.5 Å². The Balaban J connectivity index is 1.82. The van der Waals surface area contributed by atoms with Crippen LogP contribution in [0.1, 0.15) is 31.8 Å². The molecular formula is C50H10O8. The Morgan fingerprint density at radius 3 is 1.17 bits per heavy atom. The average Bonchev–Trinajstić information content (AvgIpc) is 3.22. The van der Waals surface area contributed by atoms with Gasteiger partial charge in [-0.2, -0.15) is 5.26 Å². The summed E-state index contributed by atoms with van der Waals surface area (Å²) in [5.41, 5.74) is 76.5. The molecule has 0 atom stereocenters. The second-order valence-electron chi connectivity index (χ2n) is 9.29. The molecule has 258 valence electrons. The van der Waals surface area contributed by atoms with Crippen LogP contribution in [0, 0.1) is 0 Å². The molecule has 3 rings (SSSR count). The molecule has 0 bridgehead atoms. The number of ketones is 2. The highest BCUT2D eigenvalue weighted by Gasteiger charge is 2.31. The maximum atomic E-state index is 13.0. The largest absolute Gasteiger partial charge is 0.508 e. The van der Waals surface area contributed by atoms with Crippen LogP contribution in [0.5, 0.6) is 11.5 Å². The molecule has 0 saturated heterocycles. The summed E-state index contributed by atoms with van der Waals surface area (Å²) in [6.07, 6.45) is 0. The van der Waals surface area contributed by atoms with Crippen molar-refractivity contribution in [2.45, 2.75) is 0 Å². The van der Waals surface area contributed by atoms with Gasteiger partial charge in [0.2, 0.25) is 0 Å². The summed E-state index contributed by atoms with van der Waals surface area (Å²) in [5, 5.41) is 18.5. The van der Waals surface area contributed by atoms with Gasteiger partial charge in [-0.05, 0) is 140 Å². The zero-order valence-corrected chi connectivity index (χ0v) is 29.0. The molecule has 0 radical (unpaired) electrons. The summed E-state index contributed by atoms with van der Waals surface area (Å²) < 4.78 is 5.13. The van der Waals surface area contributed by atoms with Crippen molar-refractivity contribution in [3.8, 4) is 11.5 Å². The van der Waals surface area contributed by atoms with E-state index in [1.54, 1.807) is 0 Å². The lowest BCUT2D eigenvalue weighted by atomic mass is 9.84. The van der Waals surface area contributed by atoms with Gasteiger partial charge < -0.3 is 9.84 Å². The van der Waals surface area contributed by atoms with Gasteiger partial charge in [0, 0.05) is 102 Å². The molecule has 8 heteroatoms. The van der Waals surface area contributed by atoms with Crippen LogP contribution in [0.15, 0.2) is 232 Å². The Kier molecular flexibility index (Phi) is 17.5. The van der Waals surface area contributed by atoms with Crippen LogP contribution < -0.4 is 4.74 Å². The zero-order valence-electron chi connectivity index (χ0n) is 29.0. The van der Waals surface area contributed by atoms with Crippen molar-refractivity contribution >= 4 is 23.5 Å². The second kappa shape index (κ2) is 24.4. The van der Waals surface area contributed by atoms with Crippen LogP contribution in [0.4, 0.5) is 0 Å². The monoisotopic (exact) mass is 738 g/mol. The Labute approximate surface area is 327 Å². The van der Waals surface area contributed by atoms with Gasteiger partial charge in [0.25, 0.3) is 0 Å².